The van der Waals surface area contributed by atoms with E-state index in [9.17, 15) is 8.42 Å². The average molecular weight is 258 g/mol. The van der Waals surface area contributed by atoms with E-state index in [-0.39, 0.29) is 0 Å². The number of nitriles is 1. The second-order valence-electron chi connectivity index (χ2n) is 3.40. The Labute approximate surface area is 100 Å². The highest BCUT2D eigenvalue weighted by Gasteiger charge is 2.26. The van der Waals surface area contributed by atoms with Crippen LogP contribution in [0, 0.1) is 11.3 Å². The Kier molecular flexibility index (Phi) is 4.08. The fraction of sp³-hybridized carbons (Fsp3) is 0.500. The van der Waals surface area contributed by atoms with Gasteiger partial charge in [-0.25, -0.2) is 8.42 Å². The molecule has 1 heterocycles. The van der Waals surface area contributed by atoms with Crippen LogP contribution >= 0.6 is 11.3 Å². The smallest absolute Gasteiger partial charge is 0.206 e. The Morgan fingerprint density at radius 2 is 2.19 bits per heavy atom. The molecule has 0 saturated carbocycles. The molecule has 1 unspecified atom stereocenters. The molecule has 0 spiro atoms. The summed E-state index contributed by atoms with van der Waals surface area (Å²) in [5, 5.41) is 8.71. The summed E-state index contributed by atoms with van der Waals surface area (Å²) in [6, 6.07) is 4.66. The minimum Gasteiger partial charge on any atom is -0.206 e. The summed E-state index contributed by atoms with van der Waals surface area (Å²) >= 11 is 1.26. The van der Waals surface area contributed by atoms with Crippen LogP contribution in [0.3, 0.4) is 0 Å². The monoisotopic (exact) mass is 258 g/mol. The van der Waals surface area contributed by atoms with Gasteiger partial charge in [0.2, 0.25) is 0 Å². The van der Waals surface area contributed by atoms with E-state index in [0.29, 0.717) is 4.21 Å². The van der Waals surface area contributed by atoms with Crippen LogP contribution < -0.4 is 0 Å². The Hall–Kier alpha value is -0.900. The number of hydrogen-bond donors (Lipinski definition) is 0. The van der Waals surface area contributed by atoms with Gasteiger partial charge in [-0.05, 0) is 25.5 Å². The lowest BCUT2D eigenvalue weighted by molar-refractivity contribution is 0.443. The average Bonchev–Trinajstić information content (AvgIpc) is 2.75. The van der Waals surface area contributed by atoms with E-state index in [2.05, 4.69) is 0 Å². The maximum atomic E-state index is 12.0. The van der Waals surface area contributed by atoms with E-state index in [0.717, 1.165) is 15.6 Å². The molecule has 0 aliphatic heterocycles. The summed E-state index contributed by atoms with van der Waals surface area (Å²) < 4.78 is 25.5. The maximum absolute atomic E-state index is 12.0. The maximum Gasteiger partial charge on any atom is 0.253 e. The van der Waals surface area contributed by atoms with Crippen molar-refractivity contribution in [3.05, 3.63) is 17.0 Å². The zero-order valence-corrected chi connectivity index (χ0v) is 11.1. The van der Waals surface area contributed by atoms with Gasteiger partial charge < -0.3 is 0 Å². The largest absolute Gasteiger partial charge is 0.253 e. The molecule has 0 amide bonds. The van der Waals surface area contributed by atoms with Crippen molar-refractivity contribution >= 4 is 21.4 Å². The van der Waals surface area contributed by atoms with E-state index < -0.39 is 16.1 Å². The van der Waals surface area contributed by atoms with Crippen LogP contribution in [0.15, 0.2) is 16.3 Å². The summed E-state index contributed by atoms with van der Waals surface area (Å²) in [6.07, 6.45) is 0.817. The highest BCUT2D eigenvalue weighted by atomic mass is 32.2. The predicted molar refractivity (Wildman–Crippen MR) is 63.7 cm³/mol. The highest BCUT2D eigenvalue weighted by Crippen LogP contribution is 2.25. The van der Waals surface area contributed by atoms with Crippen LogP contribution in [0.5, 0.6) is 0 Å². The molecule has 0 aromatic carbocycles. The fourth-order valence-corrected chi connectivity index (χ4v) is 3.88. The first-order valence-electron chi connectivity index (χ1n) is 4.89. The van der Waals surface area contributed by atoms with Gasteiger partial charge in [-0.3, -0.25) is 0 Å². The minimum atomic E-state index is -3.51. The van der Waals surface area contributed by atoms with Crippen LogP contribution in [0.2, 0.25) is 0 Å². The third-order valence-corrected chi connectivity index (χ3v) is 5.98. The second kappa shape index (κ2) is 4.95. The van der Waals surface area contributed by atoms with E-state index in [1.165, 1.54) is 18.4 Å². The molecular formula is C10H14N2O2S2. The van der Waals surface area contributed by atoms with Gasteiger partial charge in [0.1, 0.15) is 10.3 Å². The predicted octanol–water partition coefficient (Wildman–Crippen LogP) is 1.84. The quantitative estimate of drug-likeness (QED) is 0.828. The van der Waals surface area contributed by atoms with Gasteiger partial charge in [0, 0.05) is 11.9 Å². The number of sulfonamides is 1. The molecule has 1 atom stereocenters. The first kappa shape index (κ1) is 13.2. The Bertz CT molecular complexity index is 499. The van der Waals surface area contributed by atoms with Gasteiger partial charge in [0.05, 0.1) is 6.07 Å². The van der Waals surface area contributed by atoms with Crippen molar-refractivity contribution in [2.75, 3.05) is 7.05 Å². The highest BCUT2D eigenvalue weighted by molar-refractivity contribution is 7.91. The summed E-state index contributed by atoms with van der Waals surface area (Å²) in [4.78, 5) is 1.02. The number of nitrogens with zero attached hydrogens (tertiary/aromatic N) is 2. The molecule has 1 aromatic rings. The molecule has 0 bridgehead atoms. The minimum absolute atomic E-state index is 0.300. The topological polar surface area (TPSA) is 61.2 Å². The number of hydrogen-bond acceptors (Lipinski definition) is 4. The zero-order chi connectivity index (χ0) is 12.3. The molecule has 1 rings (SSSR count). The molecule has 0 radical (unpaired) electrons. The van der Waals surface area contributed by atoms with Gasteiger partial charge in [0.15, 0.2) is 0 Å². The second-order valence-corrected chi connectivity index (χ2v) is 6.79. The van der Waals surface area contributed by atoms with Gasteiger partial charge in [0.25, 0.3) is 10.0 Å². The Balaban J connectivity index is 3.07. The molecule has 6 heteroatoms. The molecule has 4 nitrogen and oxygen atoms in total. The van der Waals surface area contributed by atoms with Crippen molar-refractivity contribution in [1.82, 2.24) is 4.31 Å². The van der Waals surface area contributed by atoms with Gasteiger partial charge in [-0.2, -0.15) is 9.57 Å². The van der Waals surface area contributed by atoms with Crippen molar-refractivity contribution in [1.29, 1.82) is 5.26 Å². The molecule has 16 heavy (non-hydrogen) atoms. The van der Waals surface area contributed by atoms with Crippen LogP contribution in [-0.2, 0) is 16.4 Å². The molecule has 0 aliphatic rings. The third kappa shape index (κ3) is 2.43. The van der Waals surface area contributed by atoms with E-state index in [4.69, 9.17) is 5.26 Å². The van der Waals surface area contributed by atoms with E-state index in [1.54, 1.807) is 13.0 Å². The van der Waals surface area contributed by atoms with Crippen LogP contribution in [0.4, 0.5) is 0 Å². The van der Waals surface area contributed by atoms with Crippen molar-refractivity contribution in [3.63, 3.8) is 0 Å². The summed E-state index contributed by atoms with van der Waals surface area (Å²) in [5.41, 5.74) is 0. The van der Waals surface area contributed by atoms with E-state index in [1.807, 2.05) is 19.1 Å². The molecule has 88 valence electrons. The van der Waals surface area contributed by atoms with Crippen molar-refractivity contribution in [2.24, 2.45) is 0 Å². The number of aryl methyl sites for hydroxylation is 1. The Morgan fingerprint density at radius 3 is 2.62 bits per heavy atom. The summed E-state index contributed by atoms with van der Waals surface area (Å²) in [5.74, 6) is 0. The molecule has 1 aromatic heterocycles. The van der Waals surface area contributed by atoms with Crippen LogP contribution in [-0.4, -0.2) is 25.8 Å². The third-order valence-electron chi connectivity index (χ3n) is 2.35. The summed E-state index contributed by atoms with van der Waals surface area (Å²) in [6.45, 7) is 3.54. The standard InChI is InChI=1S/C10H14N2O2S2/c1-4-9-5-6-10(15-9)16(13,14)12(3)8(2)7-11/h5-6,8H,4H2,1-3H3. The zero-order valence-electron chi connectivity index (χ0n) is 9.47. The molecular weight excluding hydrogens is 244 g/mol. The molecule has 0 saturated heterocycles. The van der Waals surface area contributed by atoms with Crippen molar-refractivity contribution in [2.45, 2.75) is 30.5 Å². The van der Waals surface area contributed by atoms with Crippen molar-refractivity contribution < 1.29 is 8.42 Å². The molecule has 0 fully saturated rings. The van der Waals surface area contributed by atoms with Crippen molar-refractivity contribution in [3.8, 4) is 6.07 Å². The van der Waals surface area contributed by atoms with Gasteiger partial charge >= 0.3 is 0 Å². The first-order chi connectivity index (χ1) is 7.43. The molecule has 0 N–H and O–H groups in total. The number of thiophene rings is 1. The van der Waals surface area contributed by atoms with Gasteiger partial charge in [-0.1, -0.05) is 6.92 Å². The van der Waals surface area contributed by atoms with Crippen LogP contribution in [0.25, 0.3) is 0 Å². The first-order valence-corrected chi connectivity index (χ1v) is 7.15. The fourth-order valence-electron chi connectivity index (χ4n) is 1.12. The van der Waals surface area contributed by atoms with E-state index >= 15 is 0 Å². The SMILES string of the molecule is CCc1ccc(S(=O)(=O)N(C)C(C)C#N)s1. The Morgan fingerprint density at radius 1 is 1.56 bits per heavy atom. The van der Waals surface area contributed by atoms with Gasteiger partial charge in [-0.15, -0.1) is 11.3 Å². The van der Waals surface area contributed by atoms with Crippen LogP contribution in [0.1, 0.15) is 18.7 Å². The lowest BCUT2D eigenvalue weighted by Gasteiger charge is -2.17. The number of rotatable bonds is 4. The summed E-state index contributed by atoms with van der Waals surface area (Å²) in [7, 11) is -2.09. The lowest BCUT2D eigenvalue weighted by atomic mass is 10.4. The lowest BCUT2D eigenvalue weighted by Crippen LogP contribution is -2.33. The molecule has 0 aliphatic carbocycles. The normalized spacial score (nSPS) is 13.7.